The Morgan fingerprint density at radius 1 is 0.967 bits per heavy atom. The van der Waals surface area contributed by atoms with Crippen molar-refractivity contribution in [1.82, 2.24) is 14.3 Å². The quantitative estimate of drug-likeness (QED) is 0.632. The molecule has 3 aromatic rings. The fourth-order valence-electron chi connectivity index (χ4n) is 3.69. The van der Waals surface area contributed by atoms with Gasteiger partial charge in [-0.3, -0.25) is 0 Å². The van der Waals surface area contributed by atoms with E-state index in [2.05, 4.69) is 9.97 Å². The maximum Gasteiger partial charge on any atom is 0.243 e. The van der Waals surface area contributed by atoms with Crippen LogP contribution in [0.2, 0.25) is 0 Å². The summed E-state index contributed by atoms with van der Waals surface area (Å²) < 4.78 is 44.6. The Balaban J connectivity index is 1.25. The molecule has 9 heteroatoms. The van der Waals surface area contributed by atoms with Crippen LogP contribution in [-0.2, 0) is 10.0 Å². The minimum Gasteiger partial charge on any atom is -0.486 e. The van der Waals surface area contributed by atoms with E-state index in [1.165, 1.54) is 10.4 Å². The molecule has 2 aliphatic rings. The molecule has 2 aromatic carbocycles. The van der Waals surface area contributed by atoms with E-state index in [0.29, 0.717) is 56.5 Å². The van der Waals surface area contributed by atoms with E-state index in [-0.39, 0.29) is 11.0 Å². The first-order valence-electron chi connectivity index (χ1n) is 9.88. The predicted molar refractivity (Wildman–Crippen MR) is 109 cm³/mol. The zero-order valence-corrected chi connectivity index (χ0v) is 17.0. The molecule has 0 unspecified atom stereocenters. The Bertz CT molecular complexity index is 1180. The molecule has 0 atom stereocenters. The number of benzene rings is 2. The molecule has 8 nitrogen and oxygen atoms in total. The second-order valence-corrected chi connectivity index (χ2v) is 9.16. The Labute approximate surface area is 174 Å². The lowest BCUT2D eigenvalue weighted by atomic mass is 10.1. The first kappa shape index (κ1) is 19.1. The fourth-order valence-corrected chi connectivity index (χ4v) is 5.18. The van der Waals surface area contributed by atoms with Crippen LogP contribution in [0.15, 0.2) is 53.6 Å². The highest BCUT2D eigenvalue weighted by Crippen LogP contribution is 2.33. The zero-order valence-electron chi connectivity index (χ0n) is 16.2. The average molecular weight is 427 g/mol. The van der Waals surface area contributed by atoms with Gasteiger partial charge in [0, 0.05) is 19.2 Å². The summed E-state index contributed by atoms with van der Waals surface area (Å²) >= 11 is 0. The Morgan fingerprint density at radius 3 is 2.50 bits per heavy atom. The van der Waals surface area contributed by atoms with Crippen LogP contribution in [0.3, 0.4) is 0 Å². The standard InChI is InChI=1S/C21H21N3O5S/c25-30(26,16-5-6-19-20(13-16)28-12-11-27-19)24-9-7-15(8-10-24)29-21-14-22-17-3-1-2-4-18(17)23-21/h1-6,13-15H,7-12H2. The topological polar surface area (TPSA) is 90.9 Å². The lowest BCUT2D eigenvalue weighted by Gasteiger charge is -2.31. The molecule has 30 heavy (non-hydrogen) atoms. The molecule has 1 aromatic heterocycles. The zero-order chi connectivity index (χ0) is 20.6. The number of ether oxygens (including phenoxy) is 3. The number of para-hydroxylation sites is 2. The van der Waals surface area contributed by atoms with Gasteiger partial charge in [0.1, 0.15) is 19.3 Å². The number of hydrogen-bond donors (Lipinski definition) is 0. The van der Waals surface area contributed by atoms with Gasteiger partial charge in [0.25, 0.3) is 0 Å². The van der Waals surface area contributed by atoms with Gasteiger partial charge in [-0.25, -0.2) is 18.4 Å². The van der Waals surface area contributed by atoms with E-state index in [1.54, 1.807) is 18.3 Å². The van der Waals surface area contributed by atoms with E-state index in [9.17, 15) is 8.42 Å². The first-order valence-corrected chi connectivity index (χ1v) is 11.3. The third-order valence-electron chi connectivity index (χ3n) is 5.27. The van der Waals surface area contributed by atoms with Crippen molar-refractivity contribution < 1.29 is 22.6 Å². The molecule has 0 bridgehead atoms. The average Bonchev–Trinajstić information content (AvgIpc) is 2.79. The molecule has 0 amide bonds. The Kier molecular flexibility index (Phi) is 4.92. The maximum absolute atomic E-state index is 13.1. The lowest BCUT2D eigenvalue weighted by Crippen LogP contribution is -2.41. The van der Waals surface area contributed by atoms with Crippen LogP contribution in [0.4, 0.5) is 0 Å². The largest absolute Gasteiger partial charge is 0.486 e. The molecular weight excluding hydrogens is 406 g/mol. The molecule has 0 aliphatic carbocycles. The van der Waals surface area contributed by atoms with Crippen LogP contribution in [0, 0.1) is 0 Å². The van der Waals surface area contributed by atoms with Crippen LogP contribution in [0.5, 0.6) is 17.4 Å². The lowest BCUT2D eigenvalue weighted by molar-refractivity contribution is 0.130. The normalized spacial score (nSPS) is 17.7. The molecule has 0 N–H and O–H groups in total. The number of nitrogens with zero attached hydrogens (tertiary/aromatic N) is 3. The van der Waals surface area contributed by atoms with Gasteiger partial charge < -0.3 is 14.2 Å². The van der Waals surface area contributed by atoms with Crippen molar-refractivity contribution in [3.05, 3.63) is 48.7 Å². The summed E-state index contributed by atoms with van der Waals surface area (Å²) in [5.74, 6) is 1.50. The number of hydrogen-bond acceptors (Lipinski definition) is 7. The smallest absolute Gasteiger partial charge is 0.243 e. The van der Waals surface area contributed by atoms with Gasteiger partial charge in [0.2, 0.25) is 15.9 Å². The molecule has 5 rings (SSSR count). The van der Waals surface area contributed by atoms with Crippen LogP contribution in [0.1, 0.15) is 12.8 Å². The van der Waals surface area contributed by atoms with E-state index >= 15 is 0 Å². The summed E-state index contributed by atoms with van der Waals surface area (Å²) in [6, 6.07) is 12.4. The van der Waals surface area contributed by atoms with Gasteiger partial charge in [0.05, 0.1) is 22.1 Å². The molecule has 2 aliphatic heterocycles. The number of aromatic nitrogens is 2. The molecule has 0 saturated carbocycles. The second-order valence-electron chi connectivity index (χ2n) is 7.22. The summed E-state index contributed by atoms with van der Waals surface area (Å²) in [6.07, 6.45) is 2.67. The maximum atomic E-state index is 13.1. The SMILES string of the molecule is O=S(=O)(c1ccc2c(c1)OCCO2)N1CCC(Oc2cnc3ccccc3n2)CC1. The Morgan fingerprint density at radius 2 is 1.70 bits per heavy atom. The van der Waals surface area contributed by atoms with Crippen LogP contribution in [-0.4, -0.2) is 55.1 Å². The minimum atomic E-state index is -3.61. The van der Waals surface area contributed by atoms with Crippen molar-refractivity contribution in [2.75, 3.05) is 26.3 Å². The molecule has 1 fully saturated rings. The van der Waals surface area contributed by atoms with Gasteiger partial charge in [-0.2, -0.15) is 4.31 Å². The summed E-state index contributed by atoms with van der Waals surface area (Å²) in [5.41, 5.74) is 1.58. The van der Waals surface area contributed by atoms with Crippen molar-refractivity contribution in [1.29, 1.82) is 0 Å². The van der Waals surface area contributed by atoms with Gasteiger partial charge in [-0.1, -0.05) is 12.1 Å². The van der Waals surface area contributed by atoms with Crippen molar-refractivity contribution >= 4 is 21.1 Å². The number of fused-ring (bicyclic) bond motifs is 2. The van der Waals surface area contributed by atoms with E-state index in [4.69, 9.17) is 14.2 Å². The van der Waals surface area contributed by atoms with Crippen molar-refractivity contribution in [3.63, 3.8) is 0 Å². The monoisotopic (exact) mass is 427 g/mol. The van der Waals surface area contributed by atoms with Gasteiger partial charge in [-0.15, -0.1) is 0 Å². The van der Waals surface area contributed by atoms with Gasteiger partial charge in [0.15, 0.2) is 11.5 Å². The fraction of sp³-hybridized carbons (Fsp3) is 0.333. The predicted octanol–water partition coefficient (Wildman–Crippen LogP) is 2.63. The highest BCUT2D eigenvalue weighted by Gasteiger charge is 2.31. The van der Waals surface area contributed by atoms with Gasteiger partial charge >= 0.3 is 0 Å². The van der Waals surface area contributed by atoms with Crippen molar-refractivity contribution in [2.24, 2.45) is 0 Å². The number of sulfonamides is 1. The van der Waals surface area contributed by atoms with E-state index in [0.717, 1.165) is 11.0 Å². The third kappa shape index (κ3) is 3.66. The molecular formula is C21H21N3O5S. The van der Waals surface area contributed by atoms with Crippen molar-refractivity contribution in [2.45, 2.75) is 23.8 Å². The van der Waals surface area contributed by atoms with E-state index in [1.807, 2.05) is 24.3 Å². The van der Waals surface area contributed by atoms with Crippen molar-refractivity contribution in [3.8, 4) is 17.4 Å². The Hall–Kier alpha value is -2.91. The second kappa shape index (κ2) is 7.73. The highest BCUT2D eigenvalue weighted by molar-refractivity contribution is 7.89. The summed E-state index contributed by atoms with van der Waals surface area (Å²) in [7, 11) is -3.61. The molecule has 1 saturated heterocycles. The summed E-state index contributed by atoms with van der Waals surface area (Å²) in [5, 5.41) is 0. The number of piperidine rings is 1. The molecule has 156 valence electrons. The van der Waals surface area contributed by atoms with Crippen LogP contribution >= 0.6 is 0 Å². The number of rotatable bonds is 4. The minimum absolute atomic E-state index is 0.104. The highest BCUT2D eigenvalue weighted by atomic mass is 32.2. The molecule has 0 radical (unpaired) electrons. The molecule has 0 spiro atoms. The van der Waals surface area contributed by atoms with Crippen LogP contribution < -0.4 is 14.2 Å². The summed E-state index contributed by atoms with van der Waals surface area (Å²) in [6.45, 7) is 1.63. The van der Waals surface area contributed by atoms with E-state index < -0.39 is 10.0 Å². The first-order chi connectivity index (χ1) is 14.6. The van der Waals surface area contributed by atoms with Gasteiger partial charge in [-0.05, 0) is 37.1 Å². The van der Waals surface area contributed by atoms with Crippen LogP contribution in [0.25, 0.3) is 11.0 Å². The molecule has 3 heterocycles. The third-order valence-corrected chi connectivity index (χ3v) is 7.16. The summed E-state index contributed by atoms with van der Waals surface area (Å²) in [4.78, 5) is 9.06.